The Morgan fingerprint density at radius 1 is 1.22 bits per heavy atom. The Balaban J connectivity index is 2.44. The first-order valence-corrected chi connectivity index (χ1v) is 13.5. The number of nitrogens with one attached hydrogen (secondary N) is 2. The molecule has 196 valence electrons. The van der Waals surface area contributed by atoms with Gasteiger partial charge in [0.2, 0.25) is 10.0 Å². The van der Waals surface area contributed by atoms with Gasteiger partial charge in [0.15, 0.2) is 0 Å². The summed E-state index contributed by atoms with van der Waals surface area (Å²) in [6, 6.07) is 4.20. The third-order valence-electron chi connectivity index (χ3n) is 6.72. The summed E-state index contributed by atoms with van der Waals surface area (Å²) in [4.78, 5) is 41.1. The van der Waals surface area contributed by atoms with Gasteiger partial charge >= 0.3 is 5.97 Å². The lowest BCUT2D eigenvalue weighted by molar-refractivity contribution is -0.145. The minimum Gasteiger partial charge on any atom is -0.496 e. The molecule has 1 amide bonds. The first-order chi connectivity index (χ1) is 16.6. The van der Waals surface area contributed by atoms with E-state index >= 15 is 0 Å². The third-order valence-corrected chi connectivity index (χ3v) is 7.48. The van der Waals surface area contributed by atoms with Crippen molar-refractivity contribution in [2.24, 2.45) is 5.73 Å². The highest BCUT2D eigenvalue weighted by atomic mass is 32.2. The summed E-state index contributed by atoms with van der Waals surface area (Å²) in [6.07, 6.45) is 3.28. The first kappa shape index (κ1) is 27.4. The van der Waals surface area contributed by atoms with Crippen molar-refractivity contribution in [1.82, 2.24) is 9.71 Å². The van der Waals surface area contributed by atoms with E-state index in [2.05, 4.69) is 9.71 Å². The molecule has 5 N–H and O–H groups in total. The van der Waals surface area contributed by atoms with Crippen LogP contribution in [0.1, 0.15) is 67.9 Å². The average Bonchev–Trinajstić information content (AvgIpc) is 2.77. The molecule has 10 nitrogen and oxygen atoms in total. The number of hydrogen-bond acceptors (Lipinski definition) is 6. The molecule has 0 unspecified atom stereocenters. The van der Waals surface area contributed by atoms with Gasteiger partial charge in [0.1, 0.15) is 5.75 Å². The molecule has 3 rings (SSSR count). The van der Waals surface area contributed by atoms with Crippen molar-refractivity contribution in [1.29, 1.82) is 0 Å². The van der Waals surface area contributed by atoms with Gasteiger partial charge < -0.3 is 20.6 Å². The maximum Gasteiger partial charge on any atom is 0.314 e. The van der Waals surface area contributed by atoms with Crippen LogP contribution in [-0.2, 0) is 25.6 Å². The van der Waals surface area contributed by atoms with Crippen molar-refractivity contribution in [2.45, 2.75) is 63.3 Å². The quantitative estimate of drug-likeness (QED) is 0.435. The van der Waals surface area contributed by atoms with E-state index in [1.165, 1.54) is 19.4 Å². The Bertz CT molecular complexity index is 1350. The van der Waals surface area contributed by atoms with Gasteiger partial charge in [-0.25, -0.2) is 13.1 Å². The zero-order valence-electron chi connectivity index (χ0n) is 21.1. The monoisotopic (exact) mass is 519 g/mol. The van der Waals surface area contributed by atoms with Crippen molar-refractivity contribution in [3.05, 3.63) is 51.4 Å². The normalized spacial score (nSPS) is 20.6. The van der Waals surface area contributed by atoms with Crippen molar-refractivity contribution >= 4 is 21.9 Å². The molecule has 0 bridgehead atoms. The van der Waals surface area contributed by atoms with Gasteiger partial charge in [0.05, 0.1) is 24.3 Å². The van der Waals surface area contributed by atoms with E-state index in [9.17, 15) is 27.9 Å². The second-order valence-corrected chi connectivity index (χ2v) is 12.1. The number of pyridine rings is 1. The number of primary amides is 1. The topological polar surface area (TPSA) is 169 Å². The highest BCUT2D eigenvalue weighted by molar-refractivity contribution is 7.88. The molecule has 1 fully saturated rings. The first-order valence-electron chi connectivity index (χ1n) is 11.6. The van der Waals surface area contributed by atoms with Crippen LogP contribution in [-0.4, -0.2) is 49.8 Å². The second-order valence-electron chi connectivity index (χ2n) is 10.3. The molecule has 1 heterocycles. The highest BCUT2D eigenvalue weighted by Gasteiger charge is 2.49. The molecule has 1 aromatic carbocycles. The van der Waals surface area contributed by atoms with Crippen LogP contribution in [0.5, 0.6) is 5.75 Å². The van der Waals surface area contributed by atoms with E-state index < -0.39 is 44.3 Å². The molecule has 1 aromatic heterocycles. The van der Waals surface area contributed by atoms with Crippen molar-refractivity contribution in [3.8, 4) is 16.9 Å². The maximum atomic E-state index is 13.1. The fraction of sp³-hybridized carbons (Fsp3) is 0.480. The predicted octanol–water partition coefficient (Wildman–Crippen LogP) is 2.26. The SMILES string of the molecule is COc1c(C(N)=O)cc(-c2ccc[nH]c2=O)c(C2(C(=O)O)CCC(NS(C)(=O)=O)CC2)c1C(C)(C)C. The number of carboxylic acid groups (broad SMARTS) is 1. The molecule has 1 aliphatic rings. The maximum absolute atomic E-state index is 13.1. The van der Waals surface area contributed by atoms with Crippen LogP contribution >= 0.6 is 0 Å². The fourth-order valence-electron chi connectivity index (χ4n) is 5.22. The summed E-state index contributed by atoms with van der Waals surface area (Å²) >= 11 is 0. The lowest BCUT2D eigenvalue weighted by Crippen LogP contribution is -2.47. The molecule has 0 atom stereocenters. The van der Waals surface area contributed by atoms with Crippen molar-refractivity contribution in [3.63, 3.8) is 0 Å². The standard InChI is InChI=1S/C25H33N3O7S/c1-24(2,3)19-18(25(23(31)32)10-8-14(9-11-25)28-36(5,33)34)16(15-7-6-12-27-22(15)30)13-17(21(26)29)20(19)35-4/h6-7,12-14,28H,8-11H2,1-5H3,(H2,26,29)(H,27,30)(H,31,32). The number of H-pyrrole nitrogens is 1. The Morgan fingerprint density at radius 2 is 1.83 bits per heavy atom. The summed E-state index contributed by atoms with van der Waals surface area (Å²) in [7, 11) is -2.09. The van der Waals surface area contributed by atoms with E-state index in [-0.39, 0.29) is 48.1 Å². The summed E-state index contributed by atoms with van der Waals surface area (Å²) in [6.45, 7) is 5.60. The molecule has 36 heavy (non-hydrogen) atoms. The molecule has 0 spiro atoms. The number of methoxy groups -OCH3 is 1. The summed E-state index contributed by atoms with van der Waals surface area (Å²) in [5.41, 5.74) is 4.42. The number of carbonyl (C=O) groups excluding carboxylic acids is 1. The number of ether oxygens (including phenoxy) is 1. The molecule has 1 saturated carbocycles. The van der Waals surface area contributed by atoms with Crippen LogP contribution in [0.15, 0.2) is 29.2 Å². The fourth-order valence-corrected chi connectivity index (χ4v) is 6.06. The molecular weight excluding hydrogens is 486 g/mol. The number of aliphatic carboxylic acids is 1. The van der Waals surface area contributed by atoms with E-state index in [1.807, 2.05) is 20.8 Å². The van der Waals surface area contributed by atoms with Gasteiger partial charge in [-0.1, -0.05) is 20.8 Å². The van der Waals surface area contributed by atoms with Gasteiger partial charge in [-0.2, -0.15) is 0 Å². The van der Waals surface area contributed by atoms with E-state index in [1.54, 1.807) is 12.1 Å². The number of benzene rings is 1. The largest absolute Gasteiger partial charge is 0.496 e. The van der Waals surface area contributed by atoms with Gasteiger partial charge in [0.25, 0.3) is 11.5 Å². The van der Waals surface area contributed by atoms with Gasteiger partial charge in [-0.15, -0.1) is 0 Å². The van der Waals surface area contributed by atoms with Crippen LogP contribution in [0.4, 0.5) is 0 Å². The smallest absolute Gasteiger partial charge is 0.314 e. The number of aromatic nitrogens is 1. The number of aromatic amines is 1. The lowest BCUT2D eigenvalue weighted by Gasteiger charge is -2.42. The Morgan fingerprint density at radius 3 is 2.28 bits per heavy atom. The number of amides is 1. The zero-order chi connectivity index (χ0) is 27.1. The molecule has 0 saturated heterocycles. The van der Waals surface area contributed by atoms with Crippen molar-refractivity contribution in [2.75, 3.05) is 13.4 Å². The number of sulfonamides is 1. The van der Waals surface area contributed by atoms with Crippen LogP contribution in [0.3, 0.4) is 0 Å². The van der Waals surface area contributed by atoms with E-state index in [4.69, 9.17) is 10.5 Å². The Labute approximate surface area is 210 Å². The molecule has 1 aliphatic carbocycles. The lowest BCUT2D eigenvalue weighted by atomic mass is 9.62. The average molecular weight is 520 g/mol. The number of nitrogens with two attached hydrogens (primary N) is 1. The van der Waals surface area contributed by atoms with Crippen LogP contribution in [0.25, 0.3) is 11.1 Å². The number of hydrogen-bond donors (Lipinski definition) is 4. The molecule has 0 aliphatic heterocycles. The molecular formula is C25H33N3O7S. The van der Waals surface area contributed by atoms with Gasteiger partial charge in [-0.05, 0) is 60.4 Å². The zero-order valence-corrected chi connectivity index (χ0v) is 21.9. The number of rotatable bonds is 7. The molecule has 2 aromatic rings. The summed E-state index contributed by atoms with van der Waals surface area (Å²) in [5.74, 6) is -1.71. The minimum absolute atomic E-state index is 0.0393. The summed E-state index contributed by atoms with van der Waals surface area (Å²) in [5, 5.41) is 10.7. The predicted molar refractivity (Wildman–Crippen MR) is 136 cm³/mol. The van der Waals surface area contributed by atoms with Crippen molar-refractivity contribution < 1.29 is 27.9 Å². The second kappa shape index (κ2) is 9.70. The molecule has 0 radical (unpaired) electrons. The van der Waals surface area contributed by atoms with Crippen LogP contribution < -0.4 is 20.8 Å². The van der Waals surface area contributed by atoms with Crippen LogP contribution in [0.2, 0.25) is 0 Å². The summed E-state index contributed by atoms with van der Waals surface area (Å²) < 4.78 is 31.8. The van der Waals surface area contributed by atoms with Crippen LogP contribution in [0, 0.1) is 0 Å². The Kier molecular flexibility index (Phi) is 7.39. The number of carboxylic acids is 1. The van der Waals surface area contributed by atoms with Gasteiger partial charge in [0, 0.05) is 23.4 Å². The van der Waals surface area contributed by atoms with E-state index in [0.29, 0.717) is 11.1 Å². The minimum atomic E-state index is -3.47. The van der Waals surface area contributed by atoms with Gasteiger partial charge in [-0.3, -0.25) is 14.4 Å². The molecule has 11 heteroatoms. The number of carbonyl (C=O) groups is 2. The highest BCUT2D eigenvalue weighted by Crippen LogP contribution is 2.51. The third kappa shape index (κ3) is 5.17. The Hall–Kier alpha value is -3.18. The van der Waals surface area contributed by atoms with E-state index in [0.717, 1.165) is 6.26 Å².